The zero-order valence-electron chi connectivity index (χ0n) is 6.59. The van der Waals surface area contributed by atoms with E-state index in [1.807, 2.05) is 0 Å². The van der Waals surface area contributed by atoms with Crippen molar-refractivity contribution in [3.8, 4) is 0 Å². The Hall–Kier alpha value is -0.590. The van der Waals surface area contributed by atoms with Crippen molar-refractivity contribution in [2.24, 2.45) is 16.8 Å². The second kappa shape index (κ2) is 1.94. The van der Waals surface area contributed by atoms with E-state index in [1.54, 1.807) is 0 Å². The third-order valence-corrected chi connectivity index (χ3v) is 2.45. The lowest BCUT2D eigenvalue weighted by Crippen LogP contribution is -1.94. The minimum absolute atomic E-state index is 0.817. The second-order valence-corrected chi connectivity index (χ2v) is 3.48. The molecule has 0 bridgehead atoms. The number of hydrogen-bond donors (Lipinski definition) is 0. The van der Waals surface area contributed by atoms with Crippen LogP contribution in [0.1, 0.15) is 20.3 Å². The molecule has 1 saturated carbocycles. The van der Waals surface area contributed by atoms with Gasteiger partial charge in [0.1, 0.15) is 0 Å². The molecule has 2 aliphatic rings. The van der Waals surface area contributed by atoms with Crippen LogP contribution in [-0.4, -0.2) is 12.3 Å². The van der Waals surface area contributed by atoms with Crippen LogP contribution in [0.3, 0.4) is 0 Å². The van der Waals surface area contributed by atoms with Crippen molar-refractivity contribution in [1.29, 1.82) is 0 Å². The van der Waals surface area contributed by atoms with Crippen LogP contribution in [0.5, 0.6) is 0 Å². The zero-order chi connectivity index (χ0) is 7.14. The van der Waals surface area contributed by atoms with Gasteiger partial charge in [0, 0.05) is 11.6 Å². The molecule has 1 heteroatoms. The minimum Gasteiger partial charge on any atom is -0.290 e. The summed E-state index contributed by atoms with van der Waals surface area (Å²) >= 11 is 0. The lowest BCUT2D eigenvalue weighted by molar-refractivity contribution is 1.03. The first-order valence-electron chi connectivity index (χ1n) is 3.95. The molecule has 1 aliphatic carbocycles. The lowest BCUT2D eigenvalue weighted by Gasteiger charge is -1.93. The molecule has 1 heterocycles. The summed E-state index contributed by atoms with van der Waals surface area (Å²) in [4.78, 5) is 4.48. The van der Waals surface area contributed by atoms with E-state index in [-0.39, 0.29) is 0 Å². The van der Waals surface area contributed by atoms with Gasteiger partial charge in [-0.2, -0.15) is 0 Å². The van der Waals surface area contributed by atoms with E-state index in [0.29, 0.717) is 0 Å². The Morgan fingerprint density at radius 2 is 2.30 bits per heavy atom. The van der Waals surface area contributed by atoms with E-state index >= 15 is 0 Å². The fourth-order valence-electron chi connectivity index (χ4n) is 1.66. The summed E-state index contributed by atoms with van der Waals surface area (Å²) in [6.07, 6.45) is 3.75. The van der Waals surface area contributed by atoms with Crippen LogP contribution in [0.2, 0.25) is 0 Å². The van der Waals surface area contributed by atoms with Crippen LogP contribution in [0.15, 0.2) is 16.6 Å². The molecule has 10 heavy (non-hydrogen) atoms. The van der Waals surface area contributed by atoms with Crippen molar-refractivity contribution >= 4 is 5.71 Å². The summed E-state index contributed by atoms with van der Waals surface area (Å²) < 4.78 is 0. The third kappa shape index (κ3) is 0.898. The summed E-state index contributed by atoms with van der Waals surface area (Å²) in [5.41, 5.74) is 2.82. The van der Waals surface area contributed by atoms with Crippen molar-refractivity contribution in [3.05, 3.63) is 11.6 Å². The van der Waals surface area contributed by atoms with E-state index < -0.39 is 0 Å². The van der Waals surface area contributed by atoms with Gasteiger partial charge in [0.25, 0.3) is 0 Å². The number of aliphatic imine (C=N–C) groups is 1. The molecule has 0 aromatic heterocycles. The Morgan fingerprint density at radius 3 is 3.10 bits per heavy atom. The molecule has 1 fully saturated rings. The maximum Gasteiger partial charge on any atom is 0.0596 e. The van der Waals surface area contributed by atoms with Gasteiger partial charge in [-0.15, -0.1) is 0 Å². The fraction of sp³-hybridized carbons (Fsp3) is 0.667. The first-order chi connectivity index (χ1) is 4.77. The summed E-state index contributed by atoms with van der Waals surface area (Å²) in [6.45, 7) is 5.29. The molecule has 0 spiro atoms. The van der Waals surface area contributed by atoms with E-state index in [2.05, 4.69) is 24.9 Å². The number of fused-ring (bicyclic) bond motifs is 1. The molecule has 2 rings (SSSR count). The van der Waals surface area contributed by atoms with Gasteiger partial charge in [-0.05, 0) is 26.2 Å². The van der Waals surface area contributed by atoms with Gasteiger partial charge >= 0.3 is 0 Å². The van der Waals surface area contributed by atoms with Crippen molar-refractivity contribution in [2.45, 2.75) is 20.3 Å². The highest BCUT2D eigenvalue weighted by Gasteiger charge is 2.38. The summed E-state index contributed by atoms with van der Waals surface area (Å²) in [6, 6.07) is 0. The molecule has 2 unspecified atom stereocenters. The van der Waals surface area contributed by atoms with Crippen LogP contribution in [0.25, 0.3) is 0 Å². The maximum absolute atomic E-state index is 4.48. The van der Waals surface area contributed by atoms with Crippen molar-refractivity contribution in [3.63, 3.8) is 0 Å². The quantitative estimate of drug-likeness (QED) is 0.451. The molecule has 0 aromatic rings. The van der Waals surface area contributed by atoms with E-state index in [1.165, 1.54) is 17.7 Å². The molecule has 1 aliphatic heterocycles. The predicted octanol–water partition coefficient (Wildman–Crippen LogP) is 2.04. The Balaban J connectivity index is 2.23. The van der Waals surface area contributed by atoms with E-state index in [0.717, 1.165) is 18.4 Å². The zero-order valence-corrected chi connectivity index (χ0v) is 6.59. The summed E-state index contributed by atoms with van der Waals surface area (Å²) in [5, 5.41) is 0. The van der Waals surface area contributed by atoms with Gasteiger partial charge in [0.2, 0.25) is 0 Å². The molecule has 0 amide bonds. The van der Waals surface area contributed by atoms with Gasteiger partial charge in [0.15, 0.2) is 0 Å². The van der Waals surface area contributed by atoms with E-state index in [9.17, 15) is 0 Å². The van der Waals surface area contributed by atoms with Gasteiger partial charge in [-0.3, -0.25) is 4.99 Å². The number of hydrogen-bond acceptors (Lipinski definition) is 1. The monoisotopic (exact) mass is 135 g/mol. The summed E-state index contributed by atoms with van der Waals surface area (Å²) in [7, 11) is 0. The van der Waals surface area contributed by atoms with Crippen LogP contribution < -0.4 is 0 Å². The van der Waals surface area contributed by atoms with E-state index in [4.69, 9.17) is 0 Å². The van der Waals surface area contributed by atoms with Crippen LogP contribution in [0, 0.1) is 11.8 Å². The Morgan fingerprint density at radius 1 is 1.50 bits per heavy atom. The average molecular weight is 135 g/mol. The van der Waals surface area contributed by atoms with Crippen molar-refractivity contribution in [2.75, 3.05) is 6.54 Å². The van der Waals surface area contributed by atoms with Gasteiger partial charge < -0.3 is 0 Å². The van der Waals surface area contributed by atoms with Crippen LogP contribution >= 0.6 is 0 Å². The van der Waals surface area contributed by atoms with Crippen LogP contribution in [-0.2, 0) is 0 Å². The fourth-order valence-corrected chi connectivity index (χ4v) is 1.66. The van der Waals surface area contributed by atoms with Crippen molar-refractivity contribution < 1.29 is 0 Å². The molecular weight excluding hydrogens is 122 g/mol. The minimum atomic E-state index is 0.817. The predicted molar refractivity (Wildman–Crippen MR) is 43.3 cm³/mol. The standard InChI is InChI=1S/C9H13N/c1-6-3-8-4-9(8)7(2)10-5-6/h3,8-9H,4-5H2,1-2H3. The molecule has 54 valence electrons. The molecule has 1 nitrogen and oxygen atoms in total. The molecule has 0 N–H and O–H groups in total. The smallest absolute Gasteiger partial charge is 0.0596 e. The Bertz CT molecular complexity index is 213. The molecule has 0 saturated heterocycles. The highest BCUT2D eigenvalue weighted by Crippen LogP contribution is 2.42. The average Bonchev–Trinajstić information content (AvgIpc) is 2.60. The maximum atomic E-state index is 4.48. The van der Waals surface area contributed by atoms with Crippen LogP contribution in [0.4, 0.5) is 0 Å². The number of allylic oxidation sites excluding steroid dienone is 1. The van der Waals surface area contributed by atoms with Gasteiger partial charge in [-0.25, -0.2) is 0 Å². The Labute approximate surface area is 61.9 Å². The first-order valence-corrected chi connectivity index (χ1v) is 3.95. The molecule has 0 radical (unpaired) electrons. The van der Waals surface area contributed by atoms with Gasteiger partial charge in [0.05, 0.1) is 6.54 Å². The third-order valence-electron chi connectivity index (χ3n) is 2.45. The molecule has 2 atom stereocenters. The van der Waals surface area contributed by atoms with Crippen molar-refractivity contribution in [1.82, 2.24) is 0 Å². The topological polar surface area (TPSA) is 12.4 Å². The molecule has 0 aromatic carbocycles. The Kier molecular flexibility index (Phi) is 1.19. The number of nitrogens with zero attached hydrogens (tertiary/aromatic N) is 1. The largest absolute Gasteiger partial charge is 0.290 e. The lowest BCUT2D eigenvalue weighted by atomic mass is 10.2. The highest BCUT2D eigenvalue weighted by molar-refractivity contribution is 5.87. The first kappa shape index (κ1) is 6.14. The summed E-state index contributed by atoms with van der Waals surface area (Å²) in [5.74, 6) is 1.67. The van der Waals surface area contributed by atoms with Gasteiger partial charge in [-0.1, -0.05) is 11.6 Å². The normalized spacial score (nSPS) is 37.4. The molecular formula is C9H13N. The SMILES string of the molecule is CC1=CC2CC2C(C)=NC1. The number of rotatable bonds is 0. The second-order valence-electron chi connectivity index (χ2n) is 3.48. The highest BCUT2D eigenvalue weighted by atomic mass is 14.8.